The number of hydrogen-bond donors (Lipinski definition) is 1. The Hall–Kier alpha value is 0.240. The Morgan fingerprint density at radius 3 is 3.08 bits per heavy atom. The van der Waals surface area contributed by atoms with Crippen LogP contribution in [0.5, 0.6) is 0 Å². The summed E-state index contributed by atoms with van der Waals surface area (Å²) in [5.74, 6) is 0. The zero-order valence-corrected chi connectivity index (χ0v) is 8.37. The smallest absolute Gasteiger partial charge is 0.0836 e. The number of rotatable bonds is 3. The van der Waals surface area contributed by atoms with E-state index in [-0.39, 0.29) is 0 Å². The first-order valence-electron chi connectivity index (χ1n) is 4.10. The van der Waals surface area contributed by atoms with Crippen LogP contribution in [-0.4, -0.2) is 25.8 Å². The van der Waals surface area contributed by atoms with Gasteiger partial charge >= 0.3 is 0 Å². The molecule has 1 aliphatic rings. The Morgan fingerprint density at radius 1 is 1.67 bits per heavy atom. The first-order valence-corrected chi connectivity index (χ1v) is 4.91. The van der Waals surface area contributed by atoms with Crippen LogP contribution in [0.15, 0.2) is 10.6 Å². The van der Waals surface area contributed by atoms with E-state index in [1.54, 1.807) is 0 Å². The van der Waals surface area contributed by atoms with Crippen LogP contribution in [0.3, 0.4) is 0 Å². The molecule has 0 radical (unpaired) electrons. The second-order valence-corrected chi connectivity index (χ2v) is 3.54. The molecule has 4 heteroatoms. The van der Waals surface area contributed by atoms with Crippen molar-refractivity contribution in [1.82, 2.24) is 5.32 Å². The summed E-state index contributed by atoms with van der Waals surface area (Å²) in [6.45, 7) is 2.45. The van der Waals surface area contributed by atoms with E-state index < -0.39 is 0 Å². The molecule has 0 aromatic heterocycles. The van der Waals surface area contributed by atoms with Crippen molar-refractivity contribution >= 4 is 23.2 Å². The van der Waals surface area contributed by atoms with E-state index in [0.29, 0.717) is 17.7 Å². The Kier molecular flexibility index (Phi) is 5.00. The van der Waals surface area contributed by atoms with Crippen molar-refractivity contribution in [3.63, 3.8) is 0 Å². The molecular weight excluding hydrogens is 197 g/mol. The lowest BCUT2D eigenvalue weighted by molar-refractivity contribution is 0.0543. The molecule has 70 valence electrons. The van der Waals surface area contributed by atoms with E-state index >= 15 is 0 Å². The van der Waals surface area contributed by atoms with Crippen LogP contribution in [0, 0.1) is 0 Å². The Labute approximate surface area is 82.9 Å². The van der Waals surface area contributed by atoms with Gasteiger partial charge in [-0.3, -0.25) is 0 Å². The predicted octanol–water partition coefficient (Wildman–Crippen LogP) is 2.07. The van der Waals surface area contributed by atoms with Crippen molar-refractivity contribution in [3.8, 4) is 0 Å². The third kappa shape index (κ3) is 3.76. The van der Waals surface area contributed by atoms with E-state index in [1.165, 1.54) is 12.0 Å². The van der Waals surface area contributed by atoms with Gasteiger partial charge in [0.2, 0.25) is 0 Å². The minimum absolute atomic E-state index is 0.295. The molecule has 12 heavy (non-hydrogen) atoms. The van der Waals surface area contributed by atoms with Gasteiger partial charge in [0.15, 0.2) is 0 Å². The van der Waals surface area contributed by atoms with Gasteiger partial charge in [-0.2, -0.15) is 0 Å². The van der Waals surface area contributed by atoms with Gasteiger partial charge in [-0.05, 0) is 19.4 Å². The van der Waals surface area contributed by atoms with Crippen molar-refractivity contribution in [2.75, 3.05) is 19.7 Å². The average molecular weight is 210 g/mol. The molecule has 1 N–H and O–H groups in total. The summed E-state index contributed by atoms with van der Waals surface area (Å²) in [5, 5.41) is 3.81. The van der Waals surface area contributed by atoms with Crippen LogP contribution in [0.4, 0.5) is 0 Å². The molecule has 1 fully saturated rings. The van der Waals surface area contributed by atoms with E-state index in [1.807, 2.05) is 0 Å². The van der Waals surface area contributed by atoms with Gasteiger partial charge < -0.3 is 10.1 Å². The molecule has 1 rings (SSSR count). The fraction of sp³-hybridized carbons (Fsp3) is 0.750. The molecule has 0 aliphatic carbocycles. The van der Waals surface area contributed by atoms with Crippen LogP contribution in [0.25, 0.3) is 0 Å². The van der Waals surface area contributed by atoms with Crippen LogP contribution < -0.4 is 5.32 Å². The van der Waals surface area contributed by atoms with Crippen LogP contribution in [-0.2, 0) is 4.74 Å². The molecule has 0 aromatic carbocycles. The fourth-order valence-corrected chi connectivity index (χ4v) is 1.32. The van der Waals surface area contributed by atoms with E-state index in [4.69, 9.17) is 27.9 Å². The third-order valence-corrected chi connectivity index (χ3v) is 2.42. The molecule has 2 nitrogen and oxygen atoms in total. The normalized spacial score (nSPS) is 25.8. The van der Waals surface area contributed by atoms with Gasteiger partial charge in [0.1, 0.15) is 0 Å². The minimum atomic E-state index is 0.295. The van der Waals surface area contributed by atoms with Gasteiger partial charge in [-0.25, -0.2) is 0 Å². The zero-order chi connectivity index (χ0) is 8.81. The highest BCUT2D eigenvalue weighted by atomic mass is 35.5. The predicted molar refractivity (Wildman–Crippen MR) is 51.6 cm³/mol. The fourth-order valence-electron chi connectivity index (χ4n) is 1.19. The van der Waals surface area contributed by atoms with Crippen LogP contribution in [0.1, 0.15) is 12.8 Å². The van der Waals surface area contributed by atoms with Crippen molar-refractivity contribution < 1.29 is 4.74 Å². The van der Waals surface area contributed by atoms with Crippen molar-refractivity contribution in [2.24, 2.45) is 0 Å². The lowest BCUT2D eigenvalue weighted by atomic mass is 10.1. The molecular formula is C8H13Cl2NO. The summed E-state index contributed by atoms with van der Waals surface area (Å²) in [4.78, 5) is 0. The largest absolute Gasteiger partial charge is 0.371 e. The number of halogens is 2. The second-order valence-electron chi connectivity index (χ2n) is 2.84. The summed E-state index contributed by atoms with van der Waals surface area (Å²) in [6, 6.07) is 0. The van der Waals surface area contributed by atoms with Crippen LogP contribution in [0.2, 0.25) is 0 Å². The lowest BCUT2D eigenvalue weighted by Crippen LogP contribution is -2.35. The van der Waals surface area contributed by atoms with Gasteiger partial charge in [-0.1, -0.05) is 23.2 Å². The highest BCUT2D eigenvalue weighted by Gasteiger charge is 2.12. The Bertz CT molecular complexity index is 155. The molecule has 0 bridgehead atoms. The van der Waals surface area contributed by atoms with Gasteiger partial charge in [0.25, 0.3) is 0 Å². The molecule has 0 aromatic rings. The quantitative estimate of drug-likeness (QED) is 0.769. The molecule has 1 atom stereocenters. The van der Waals surface area contributed by atoms with Crippen molar-refractivity contribution in [3.05, 3.63) is 10.6 Å². The lowest BCUT2D eigenvalue weighted by Gasteiger charge is -2.22. The summed E-state index contributed by atoms with van der Waals surface area (Å²) in [7, 11) is 0. The molecule has 1 saturated heterocycles. The van der Waals surface area contributed by atoms with E-state index in [2.05, 4.69) is 5.32 Å². The summed E-state index contributed by atoms with van der Waals surface area (Å²) >= 11 is 11.0. The standard InChI is InChI=1S/C8H13Cl2NO/c9-4-7(10)6-12-8-2-1-3-11-5-8/h4,8,11H,1-3,5-6H2/b7-4+/t8-/m0/s1. The first-order chi connectivity index (χ1) is 5.83. The van der Waals surface area contributed by atoms with Crippen LogP contribution >= 0.6 is 23.2 Å². The number of ether oxygens (including phenoxy) is 1. The Morgan fingerprint density at radius 2 is 2.50 bits per heavy atom. The molecule has 0 spiro atoms. The summed E-state index contributed by atoms with van der Waals surface area (Å²) in [6.07, 6.45) is 2.58. The van der Waals surface area contributed by atoms with Gasteiger partial charge in [0, 0.05) is 12.1 Å². The maximum atomic E-state index is 5.67. The highest BCUT2D eigenvalue weighted by molar-refractivity contribution is 6.36. The summed E-state index contributed by atoms with van der Waals surface area (Å²) < 4.78 is 5.49. The molecule has 1 heterocycles. The number of hydrogen-bond acceptors (Lipinski definition) is 2. The van der Waals surface area contributed by atoms with Gasteiger partial charge in [0.05, 0.1) is 17.7 Å². The maximum absolute atomic E-state index is 5.67. The Balaban J connectivity index is 2.13. The maximum Gasteiger partial charge on any atom is 0.0836 e. The van der Waals surface area contributed by atoms with E-state index in [9.17, 15) is 0 Å². The van der Waals surface area contributed by atoms with Crippen molar-refractivity contribution in [1.29, 1.82) is 0 Å². The van der Waals surface area contributed by atoms with E-state index in [0.717, 1.165) is 19.5 Å². The third-order valence-electron chi connectivity index (χ3n) is 1.83. The van der Waals surface area contributed by atoms with Gasteiger partial charge in [-0.15, -0.1) is 0 Å². The van der Waals surface area contributed by atoms with Crippen molar-refractivity contribution in [2.45, 2.75) is 18.9 Å². The topological polar surface area (TPSA) is 21.3 Å². The SMILES string of the molecule is Cl/C=C(/Cl)CO[C@H]1CCCNC1. The molecule has 0 unspecified atom stereocenters. The molecule has 0 saturated carbocycles. The monoisotopic (exact) mass is 209 g/mol. The first kappa shape index (κ1) is 10.3. The molecule has 0 amide bonds. The zero-order valence-electron chi connectivity index (χ0n) is 6.85. The average Bonchev–Trinajstić information content (AvgIpc) is 2.16. The second kappa shape index (κ2) is 5.81. The number of nitrogens with one attached hydrogen (secondary N) is 1. The number of piperidine rings is 1. The highest BCUT2D eigenvalue weighted by Crippen LogP contribution is 2.10. The molecule has 1 aliphatic heterocycles. The minimum Gasteiger partial charge on any atom is -0.371 e. The summed E-state index contributed by atoms with van der Waals surface area (Å²) in [5.41, 5.74) is 1.35.